The Hall–Kier alpha value is -4.25. The van der Waals surface area contributed by atoms with E-state index < -0.39 is 0 Å². The van der Waals surface area contributed by atoms with E-state index in [4.69, 9.17) is 4.74 Å². The van der Waals surface area contributed by atoms with E-state index in [2.05, 4.69) is 31.0 Å². The molecule has 1 aliphatic rings. The molecular formula is C25H28N8O3. The van der Waals surface area contributed by atoms with Crippen molar-refractivity contribution in [1.29, 1.82) is 0 Å². The predicted octanol–water partition coefficient (Wildman–Crippen LogP) is 2.75. The molecule has 3 N–H and O–H groups in total. The third kappa shape index (κ3) is 4.65. The van der Waals surface area contributed by atoms with Crippen LogP contribution in [0.15, 0.2) is 59.8 Å². The summed E-state index contributed by atoms with van der Waals surface area (Å²) in [6, 6.07) is 10.6. The van der Waals surface area contributed by atoms with Crippen molar-refractivity contribution in [2.24, 2.45) is 0 Å². The number of nitrogens with one attached hydrogen (secondary N) is 3. The van der Waals surface area contributed by atoms with Gasteiger partial charge in [0.05, 0.1) is 18.0 Å². The number of imidazole rings is 1. The maximum Gasteiger partial charge on any atom is 0.279 e. The molecule has 1 amide bonds. The Balaban J connectivity index is 1.45. The van der Waals surface area contributed by atoms with Gasteiger partial charge < -0.3 is 20.7 Å². The molecule has 4 aromatic heterocycles. The molecule has 11 heteroatoms. The zero-order chi connectivity index (χ0) is 25.1. The monoisotopic (exact) mass is 488 g/mol. The van der Waals surface area contributed by atoms with E-state index >= 15 is 0 Å². The van der Waals surface area contributed by atoms with E-state index in [1.54, 1.807) is 56.9 Å². The number of ether oxygens (including phenoxy) is 1. The molecule has 0 radical (unpaired) electrons. The first kappa shape index (κ1) is 23.5. The Kier molecular flexibility index (Phi) is 6.63. The number of carbonyl (C=O) groups excluding carboxylic acids is 1. The molecule has 4 heterocycles. The maximum atomic E-state index is 13.2. The second-order valence-electron chi connectivity index (χ2n) is 8.68. The number of pyridine rings is 2. The highest BCUT2D eigenvalue weighted by atomic mass is 16.5. The van der Waals surface area contributed by atoms with Crippen molar-refractivity contribution < 1.29 is 9.53 Å². The minimum atomic E-state index is -0.280. The highest BCUT2D eigenvalue weighted by Crippen LogP contribution is 2.23. The van der Waals surface area contributed by atoms with Crippen molar-refractivity contribution >= 4 is 28.7 Å². The molecule has 36 heavy (non-hydrogen) atoms. The van der Waals surface area contributed by atoms with Gasteiger partial charge in [0.1, 0.15) is 11.5 Å². The molecule has 1 saturated carbocycles. The zero-order valence-corrected chi connectivity index (χ0v) is 20.1. The summed E-state index contributed by atoms with van der Waals surface area (Å²) in [5.41, 5.74) is 1.51. The third-order valence-electron chi connectivity index (χ3n) is 6.37. The van der Waals surface area contributed by atoms with E-state index in [-0.39, 0.29) is 23.6 Å². The molecular weight excluding hydrogens is 460 g/mol. The lowest BCUT2D eigenvalue weighted by atomic mass is 9.93. The van der Waals surface area contributed by atoms with Crippen LogP contribution in [0.3, 0.4) is 0 Å². The van der Waals surface area contributed by atoms with Crippen LogP contribution in [0.25, 0.3) is 11.5 Å². The van der Waals surface area contributed by atoms with Gasteiger partial charge in [-0.3, -0.25) is 14.2 Å². The number of anilines is 3. The van der Waals surface area contributed by atoms with Crippen molar-refractivity contribution in [3.8, 4) is 5.82 Å². The average molecular weight is 489 g/mol. The summed E-state index contributed by atoms with van der Waals surface area (Å²) in [5, 5.41) is 13.9. The topological polar surface area (TPSA) is 127 Å². The van der Waals surface area contributed by atoms with Gasteiger partial charge in [-0.05, 0) is 49.9 Å². The number of aromatic nitrogens is 5. The third-order valence-corrected chi connectivity index (χ3v) is 6.37. The normalized spacial score (nSPS) is 17.6. The minimum Gasteiger partial charge on any atom is -0.385 e. The fraction of sp³-hybridized carbons (Fsp3) is 0.320. The number of nitrogens with zero attached hydrogens (tertiary/aromatic N) is 5. The van der Waals surface area contributed by atoms with Gasteiger partial charge in [-0.2, -0.15) is 0 Å². The van der Waals surface area contributed by atoms with Gasteiger partial charge in [-0.25, -0.2) is 14.5 Å². The number of carbonyl (C=O) groups is 1. The molecule has 11 nitrogen and oxygen atoms in total. The molecule has 2 atom stereocenters. The lowest BCUT2D eigenvalue weighted by molar-refractivity contribution is 0.0561. The number of methoxy groups -OCH3 is 1. The maximum absolute atomic E-state index is 13.2. The van der Waals surface area contributed by atoms with Crippen LogP contribution in [0.5, 0.6) is 0 Å². The van der Waals surface area contributed by atoms with E-state index in [1.165, 1.54) is 15.3 Å². The van der Waals surface area contributed by atoms with Crippen LogP contribution < -0.4 is 21.5 Å². The molecule has 1 unspecified atom stereocenters. The lowest BCUT2D eigenvalue weighted by Gasteiger charge is -2.28. The fourth-order valence-electron chi connectivity index (χ4n) is 4.52. The van der Waals surface area contributed by atoms with Crippen molar-refractivity contribution in [2.45, 2.75) is 37.8 Å². The largest absolute Gasteiger partial charge is 0.385 e. The molecule has 0 aliphatic heterocycles. The molecule has 0 bridgehead atoms. The zero-order valence-electron chi connectivity index (χ0n) is 20.1. The van der Waals surface area contributed by atoms with Gasteiger partial charge in [0.25, 0.3) is 11.5 Å². The van der Waals surface area contributed by atoms with Crippen LogP contribution in [-0.2, 0) is 4.74 Å². The van der Waals surface area contributed by atoms with E-state index in [0.29, 0.717) is 34.4 Å². The first-order valence-electron chi connectivity index (χ1n) is 11.9. The van der Waals surface area contributed by atoms with Crippen LogP contribution in [0.1, 0.15) is 36.2 Å². The SMILES string of the molecule is CNc1cc(Nc2cccn(-c3ccccn3)c2=O)nn2c(C(=O)NC3CCC[C@H](OC)C3)cnc12. The predicted molar refractivity (Wildman–Crippen MR) is 136 cm³/mol. The Morgan fingerprint density at radius 1 is 1.14 bits per heavy atom. The highest BCUT2D eigenvalue weighted by Gasteiger charge is 2.25. The summed E-state index contributed by atoms with van der Waals surface area (Å²) < 4.78 is 8.42. The van der Waals surface area contributed by atoms with E-state index in [1.807, 2.05) is 6.07 Å². The molecule has 0 aromatic carbocycles. The van der Waals surface area contributed by atoms with Gasteiger partial charge >= 0.3 is 0 Å². The molecule has 4 aromatic rings. The van der Waals surface area contributed by atoms with Gasteiger partial charge in [-0.1, -0.05) is 6.07 Å². The number of fused-ring (bicyclic) bond motifs is 1. The Morgan fingerprint density at radius 3 is 2.81 bits per heavy atom. The van der Waals surface area contributed by atoms with Crippen LogP contribution in [0, 0.1) is 0 Å². The summed E-state index contributed by atoms with van der Waals surface area (Å²) in [6.07, 6.45) is 8.63. The van der Waals surface area contributed by atoms with Crippen molar-refractivity contribution in [3.05, 3.63) is 71.0 Å². The van der Waals surface area contributed by atoms with Crippen LogP contribution in [0.2, 0.25) is 0 Å². The van der Waals surface area contributed by atoms with Crippen molar-refractivity contribution in [1.82, 2.24) is 29.5 Å². The smallest absolute Gasteiger partial charge is 0.279 e. The fourth-order valence-corrected chi connectivity index (χ4v) is 4.52. The van der Waals surface area contributed by atoms with Gasteiger partial charge in [0.15, 0.2) is 17.2 Å². The van der Waals surface area contributed by atoms with Crippen LogP contribution in [-0.4, -0.2) is 56.4 Å². The summed E-state index contributed by atoms with van der Waals surface area (Å²) >= 11 is 0. The number of rotatable bonds is 7. The molecule has 1 fully saturated rings. The van der Waals surface area contributed by atoms with Gasteiger partial charge in [0.2, 0.25) is 0 Å². The minimum absolute atomic E-state index is 0.0289. The molecule has 0 spiro atoms. The van der Waals surface area contributed by atoms with E-state index in [0.717, 1.165) is 25.7 Å². The summed E-state index contributed by atoms with van der Waals surface area (Å²) in [4.78, 5) is 34.9. The Morgan fingerprint density at radius 2 is 2.03 bits per heavy atom. The van der Waals surface area contributed by atoms with Crippen LogP contribution in [0.4, 0.5) is 17.2 Å². The van der Waals surface area contributed by atoms with E-state index in [9.17, 15) is 9.59 Å². The number of hydrogen-bond acceptors (Lipinski definition) is 8. The number of amides is 1. The first-order chi connectivity index (χ1) is 17.6. The van der Waals surface area contributed by atoms with Gasteiger partial charge in [-0.15, -0.1) is 5.10 Å². The number of hydrogen-bond donors (Lipinski definition) is 3. The second kappa shape index (κ2) is 10.2. The molecule has 186 valence electrons. The first-order valence-corrected chi connectivity index (χ1v) is 11.9. The Bertz CT molecular complexity index is 1430. The summed E-state index contributed by atoms with van der Waals surface area (Å²) in [7, 11) is 3.46. The highest BCUT2D eigenvalue weighted by molar-refractivity contribution is 5.94. The summed E-state index contributed by atoms with van der Waals surface area (Å²) in [6.45, 7) is 0. The summed E-state index contributed by atoms with van der Waals surface area (Å²) in [5.74, 6) is 0.637. The Labute approximate surface area is 207 Å². The van der Waals surface area contributed by atoms with Crippen molar-refractivity contribution in [2.75, 3.05) is 24.8 Å². The van der Waals surface area contributed by atoms with Gasteiger partial charge in [0, 0.05) is 38.7 Å². The lowest BCUT2D eigenvalue weighted by Crippen LogP contribution is -2.40. The molecule has 1 aliphatic carbocycles. The second-order valence-corrected chi connectivity index (χ2v) is 8.68. The van der Waals surface area contributed by atoms with Crippen molar-refractivity contribution in [3.63, 3.8) is 0 Å². The molecule has 0 saturated heterocycles. The standard InChI is InChI=1S/C25H28N8O3/c1-26-19-14-21(30-18-9-6-12-32(25(18)35)22-10-3-4-11-27-22)31-33-20(15-28-23(19)33)24(34)29-16-7-5-8-17(13-16)36-2/h3-4,6,9-12,14-17,26H,5,7-8,13H2,1-2H3,(H,29,34)(H,30,31)/t16?,17-/m0/s1. The average Bonchev–Trinajstić information content (AvgIpc) is 3.34. The van der Waals surface area contributed by atoms with Crippen LogP contribution >= 0.6 is 0 Å². The quantitative estimate of drug-likeness (QED) is 0.362. The molecule has 5 rings (SSSR count).